The largest absolute Gasteiger partial charge is 0.492 e. The summed E-state index contributed by atoms with van der Waals surface area (Å²) in [6.07, 6.45) is 3.81. The lowest BCUT2D eigenvalue weighted by molar-refractivity contribution is -0.114. The van der Waals surface area contributed by atoms with Crippen molar-refractivity contribution >= 4 is 51.3 Å². The Balaban J connectivity index is 1.31. The van der Waals surface area contributed by atoms with E-state index in [1.54, 1.807) is 11.0 Å². The average molecular weight is 505 g/mol. The van der Waals surface area contributed by atoms with Gasteiger partial charge in [0.05, 0.1) is 17.8 Å². The molecule has 2 aliphatic rings. The van der Waals surface area contributed by atoms with E-state index in [2.05, 4.69) is 15.6 Å². The second-order valence-corrected chi connectivity index (χ2v) is 9.73. The predicted octanol–water partition coefficient (Wildman–Crippen LogP) is 6.33. The Labute approximate surface area is 219 Å². The van der Waals surface area contributed by atoms with Crippen LogP contribution in [0.3, 0.4) is 0 Å². The van der Waals surface area contributed by atoms with E-state index < -0.39 is 5.91 Å². The molecule has 182 valence electrons. The maximum Gasteiger partial charge on any atom is 0.283 e. The number of aromatic nitrogens is 1. The lowest BCUT2D eigenvalue weighted by Gasteiger charge is -2.26. The number of hydrogen-bond donors (Lipinski definition) is 1. The molecule has 0 saturated heterocycles. The zero-order chi connectivity index (χ0) is 25.4. The van der Waals surface area contributed by atoms with Crippen LogP contribution >= 0.6 is 11.8 Å². The van der Waals surface area contributed by atoms with Crippen LogP contribution in [0.25, 0.3) is 22.7 Å². The van der Waals surface area contributed by atoms with E-state index in [1.807, 2.05) is 91.3 Å². The number of nitrogens with one attached hydrogen (secondary N) is 1. The normalized spacial score (nSPS) is 16.2. The van der Waals surface area contributed by atoms with E-state index in [9.17, 15) is 4.79 Å². The first-order valence-corrected chi connectivity index (χ1v) is 12.9. The number of benzene rings is 3. The number of ether oxygens (including phenoxy) is 1. The molecule has 0 fully saturated rings. The van der Waals surface area contributed by atoms with Crippen LogP contribution in [0.1, 0.15) is 16.7 Å². The molecule has 2 aliphatic heterocycles. The molecule has 0 atom stereocenters. The van der Waals surface area contributed by atoms with Gasteiger partial charge in [-0.1, -0.05) is 72.4 Å². The molecule has 7 heteroatoms. The summed E-state index contributed by atoms with van der Waals surface area (Å²) in [6.45, 7) is 3.20. The Morgan fingerprint density at radius 1 is 1.03 bits per heavy atom. The van der Waals surface area contributed by atoms with Crippen molar-refractivity contribution in [2.75, 3.05) is 6.61 Å². The summed E-state index contributed by atoms with van der Waals surface area (Å²) in [4.78, 5) is 19.1. The zero-order valence-electron chi connectivity index (χ0n) is 20.2. The third kappa shape index (κ3) is 4.38. The molecule has 6 nitrogen and oxygen atoms in total. The Kier molecular flexibility index (Phi) is 5.98. The van der Waals surface area contributed by atoms with Crippen molar-refractivity contribution in [1.29, 1.82) is 5.41 Å². The minimum Gasteiger partial charge on any atom is -0.492 e. The monoisotopic (exact) mass is 504 g/mol. The highest BCUT2D eigenvalue weighted by atomic mass is 32.2. The van der Waals surface area contributed by atoms with Gasteiger partial charge >= 0.3 is 0 Å². The number of thioether (sulfide) groups is 1. The molecule has 6 rings (SSSR count). The Hall–Kier alpha value is -4.36. The number of aliphatic imine (C=N–C) groups is 1. The highest BCUT2D eigenvalue weighted by Crippen LogP contribution is 2.37. The highest BCUT2D eigenvalue weighted by molar-refractivity contribution is 8.17. The van der Waals surface area contributed by atoms with Crippen LogP contribution in [0.2, 0.25) is 0 Å². The van der Waals surface area contributed by atoms with Crippen LogP contribution in [0, 0.1) is 12.3 Å². The molecule has 3 aromatic carbocycles. The minimum atomic E-state index is -0.397. The van der Waals surface area contributed by atoms with Gasteiger partial charge in [0.15, 0.2) is 5.17 Å². The molecular formula is C30H24N4O2S. The van der Waals surface area contributed by atoms with Gasteiger partial charge in [0.25, 0.3) is 5.91 Å². The number of carbonyl (C=O) groups is 1. The molecule has 37 heavy (non-hydrogen) atoms. The molecule has 0 spiro atoms. The molecule has 0 unspecified atom stereocenters. The first-order chi connectivity index (χ1) is 18.1. The van der Waals surface area contributed by atoms with Crippen molar-refractivity contribution in [3.05, 3.63) is 113 Å². The molecule has 0 saturated carbocycles. The molecule has 0 aliphatic carbocycles. The topological polar surface area (TPSA) is 70.7 Å². The summed E-state index contributed by atoms with van der Waals surface area (Å²) in [5, 5.41) is 12.4. The van der Waals surface area contributed by atoms with Gasteiger partial charge in [-0.2, -0.15) is 4.99 Å². The van der Waals surface area contributed by atoms with E-state index in [0.29, 0.717) is 18.3 Å². The van der Waals surface area contributed by atoms with Gasteiger partial charge in [-0.3, -0.25) is 15.1 Å². The lowest BCUT2D eigenvalue weighted by atomic mass is 10.1. The number of amides is 1. The van der Waals surface area contributed by atoms with Crippen LogP contribution in [0.15, 0.2) is 101 Å². The van der Waals surface area contributed by atoms with Gasteiger partial charge < -0.3 is 9.30 Å². The summed E-state index contributed by atoms with van der Waals surface area (Å²) in [7, 11) is 0. The van der Waals surface area contributed by atoms with E-state index >= 15 is 0 Å². The fraction of sp³-hybridized carbons (Fsp3) is 0.100. The number of aryl methyl sites for hydroxylation is 1. The quantitative estimate of drug-likeness (QED) is 0.311. The first-order valence-electron chi connectivity index (χ1n) is 12.0. The lowest BCUT2D eigenvalue weighted by Crippen LogP contribution is -2.38. The third-order valence-corrected chi connectivity index (χ3v) is 7.22. The molecule has 1 aromatic heterocycles. The summed E-state index contributed by atoms with van der Waals surface area (Å²) in [5.41, 5.74) is 5.17. The summed E-state index contributed by atoms with van der Waals surface area (Å²) >= 11 is 1.37. The smallest absolute Gasteiger partial charge is 0.283 e. The van der Waals surface area contributed by atoms with E-state index in [4.69, 9.17) is 10.1 Å². The van der Waals surface area contributed by atoms with Crippen molar-refractivity contribution in [3.8, 4) is 5.75 Å². The van der Waals surface area contributed by atoms with Gasteiger partial charge in [-0.15, -0.1) is 0 Å². The van der Waals surface area contributed by atoms with Crippen molar-refractivity contribution in [2.45, 2.75) is 13.5 Å². The summed E-state index contributed by atoms with van der Waals surface area (Å²) in [5.74, 6) is 0.584. The van der Waals surface area contributed by atoms with Gasteiger partial charge in [0, 0.05) is 28.1 Å². The number of nitrogens with zero attached hydrogens (tertiary/aromatic N) is 3. The Morgan fingerprint density at radius 3 is 2.68 bits per heavy atom. The standard InChI is InChI=1S/C30H24N4O2S/c1-20-8-7-11-23(16-20)36-15-14-33-18-22(24-12-5-6-13-26(24)33)17-25-28(31)34-27(21-9-3-2-4-10-21)19-37-30(34)32-29(25)35/h2-13,16-19,31H,14-15H2,1H3. The molecule has 0 radical (unpaired) electrons. The number of amidine groups is 2. The first kappa shape index (κ1) is 23.1. The summed E-state index contributed by atoms with van der Waals surface area (Å²) in [6, 6.07) is 26.0. The summed E-state index contributed by atoms with van der Waals surface area (Å²) < 4.78 is 8.11. The van der Waals surface area contributed by atoms with Gasteiger partial charge in [0.2, 0.25) is 0 Å². The van der Waals surface area contributed by atoms with E-state index in [1.165, 1.54) is 11.8 Å². The second-order valence-electron chi connectivity index (χ2n) is 8.89. The van der Waals surface area contributed by atoms with Crippen molar-refractivity contribution in [2.24, 2.45) is 4.99 Å². The number of para-hydroxylation sites is 1. The third-order valence-electron chi connectivity index (χ3n) is 6.39. The Morgan fingerprint density at radius 2 is 1.84 bits per heavy atom. The van der Waals surface area contributed by atoms with Crippen LogP contribution < -0.4 is 4.74 Å². The molecular weight excluding hydrogens is 480 g/mol. The van der Waals surface area contributed by atoms with E-state index in [0.717, 1.165) is 39.0 Å². The van der Waals surface area contributed by atoms with Crippen LogP contribution in [0.5, 0.6) is 5.75 Å². The number of hydrogen-bond acceptors (Lipinski definition) is 4. The van der Waals surface area contributed by atoms with Crippen LogP contribution in [-0.4, -0.2) is 33.0 Å². The Bertz CT molecular complexity index is 1630. The van der Waals surface area contributed by atoms with Crippen molar-refractivity contribution in [3.63, 3.8) is 0 Å². The SMILES string of the molecule is Cc1cccc(OCCn2cc(C=C3C(=N)N4C(c5ccccc5)=CSC4=NC3=O)c3ccccc32)c1. The molecule has 1 amide bonds. The zero-order valence-corrected chi connectivity index (χ0v) is 21.0. The number of carbonyl (C=O) groups excluding carboxylic acids is 1. The van der Waals surface area contributed by atoms with Crippen LogP contribution in [0.4, 0.5) is 0 Å². The van der Waals surface area contributed by atoms with Gasteiger partial charge in [-0.05, 0) is 42.3 Å². The molecule has 0 bridgehead atoms. The van der Waals surface area contributed by atoms with Crippen molar-refractivity contribution < 1.29 is 9.53 Å². The predicted molar refractivity (Wildman–Crippen MR) is 151 cm³/mol. The molecule has 4 aromatic rings. The minimum absolute atomic E-state index is 0.134. The highest BCUT2D eigenvalue weighted by Gasteiger charge is 2.36. The van der Waals surface area contributed by atoms with E-state index in [-0.39, 0.29) is 11.4 Å². The van der Waals surface area contributed by atoms with Gasteiger partial charge in [-0.25, -0.2) is 0 Å². The van der Waals surface area contributed by atoms with Crippen molar-refractivity contribution in [1.82, 2.24) is 9.47 Å². The fourth-order valence-electron chi connectivity index (χ4n) is 4.61. The fourth-order valence-corrected chi connectivity index (χ4v) is 5.50. The maximum absolute atomic E-state index is 13.0. The second kappa shape index (κ2) is 9.59. The average Bonchev–Trinajstić information content (AvgIpc) is 3.49. The van der Waals surface area contributed by atoms with Gasteiger partial charge in [0.1, 0.15) is 18.2 Å². The van der Waals surface area contributed by atoms with Crippen LogP contribution in [-0.2, 0) is 11.3 Å². The maximum atomic E-state index is 13.0. The number of fused-ring (bicyclic) bond motifs is 2. The number of rotatable bonds is 6. The molecule has 1 N–H and O–H groups in total. The molecule has 3 heterocycles.